The van der Waals surface area contributed by atoms with Crippen LogP contribution in [0.25, 0.3) is 33.5 Å². The number of hydrogen-bond donors (Lipinski definition) is 9. The van der Waals surface area contributed by atoms with Gasteiger partial charge >= 0.3 is 52.9 Å². The first-order valence-electron chi connectivity index (χ1n) is 31.6. The van der Waals surface area contributed by atoms with E-state index >= 15 is 0 Å². The molecule has 0 amide bonds. The van der Waals surface area contributed by atoms with Gasteiger partial charge in [-0.25, -0.2) is 43.7 Å². The number of aliphatic hydroxyl groups is 3. The zero-order valence-corrected chi connectivity index (χ0v) is 42.3. The Labute approximate surface area is 481 Å². The maximum absolute atomic E-state index is 12.2. The van der Waals surface area contributed by atoms with Crippen molar-refractivity contribution in [1.29, 1.82) is 0 Å². The summed E-state index contributed by atoms with van der Waals surface area (Å²) in [4.78, 5) is 176. The third kappa shape index (κ3) is 17.3. The van der Waals surface area contributed by atoms with Crippen LogP contribution < -0.4 is 33.7 Å². The molecule has 0 saturated heterocycles. The van der Waals surface area contributed by atoms with Gasteiger partial charge in [-0.2, -0.15) is 0 Å². The molecule has 3 atom stereocenters. The third-order valence-electron chi connectivity index (χ3n) is 9.78. The molecule has 36 nitrogen and oxygen atoms in total. The van der Waals surface area contributed by atoms with Gasteiger partial charge in [0.05, 0.1) is 38.2 Å². The number of Topliss-reactive ketones (excluding diaryl/α,β-unsaturated/α-hetero) is 3. The molecule has 81 heavy (non-hydrogen) atoms. The Bertz CT molecular complexity index is 4500. The van der Waals surface area contributed by atoms with Crippen LogP contribution in [0.4, 0.5) is 0 Å². The van der Waals surface area contributed by atoms with Gasteiger partial charge in [0.1, 0.15) is 21.5 Å². The SMILES string of the molecule is CC(=O)CC(O)(CC(=O)O)C(=O)O.CC(=O)CC(O)(CC(=O)O)C(=O)O.CC(=O)CC(O)(CC(=O)O)C(=O)O.[2H]c1nc2c(c(=O)n(C([2H])([2H])[2H])c(=O)n2C([2H])([2H])[2H])n1C.[2H]c1nc2c(c(=O)n(C([2H])([2H])[2H])c(=O)n2C)n1C([2H])([2H])[2H].[2H]c1nc2c(c(=O)n(C)c(=O)n2C([2H])([2H])[2H])n1C([2H])([2H])[2H]. The normalized spacial score (nSPS) is 17.5. The van der Waals surface area contributed by atoms with E-state index in [2.05, 4.69) is 15.0 Å². The van der Waals surface area contributed by atoms with Gasteiger partial charge in [0.2, 0.25) is 0 Å². The smallest absolute Gasteiger partial charge is 0.336 e. The van der Waals surface area contributed by atoms with Crippen LogP contribution in [0.5, 0.6) is 0 Å². The molecular weight excluding hydrogens is 1090 g/mol. The summed E-state index contributed by atoms with van der Waals surface area (Å²) in [6, 6.07) is 0. The fraction of sp³-hybridized carbons (Fsp3) is 0.467. The van der Waals surface area contributed by atoms with E-state index in [1.54, 1.807) is 0 Å². The van der Waals surface area contributed by atoms with Crippen LogP contribution >= 0.6 is 0 Å². The van der Waals surface area contributed by atoms with Crippen molar-refractivity contribution in [3.05, 3.63) is 81.4 Å². The highest BCUT2D eigenvalue weighted by atomic mass is 16.4. The molecule has 0 aliphatic carbocycles. The summed E-state index contributed by atoms with van der Waals surface area (Å²) in [5.41, 5.74) is -18.1. The summed E-state index contributed by atoms with van der Waals surface area (Å²) in [6.45, 7) is -14.8. The summed E-state index contributed by atoms with van der Waals surface area (Å²) >= 11 is 0. The molecule has 0 aliphatic heterocycles. The van der Waals surface area contributed by atoms with Crippen molar-refractivity contribution in [2.45, 2.75) is 76.1 Å². The van der Waals surface area contributed by atoms with Crippen LogP contribution in [0.1, 0.15) is 88.1 Å². The number of carbonyl (C=O) groups is 9. The Morgan fingerprint density at radius 1 is 0.407 bits per heavy atom. The Morgan fingerprint density at radius 3 is 0.914 bits per heavy atom. The molecule has 6 aromatic rings. The molecule has 444 valence electrons. The number of carboxylic acids is 6. The van der Waals surface area contributed by atoms with Crippen LogP contribution in [0.3, 0.4) is 0 Å². The van der Waals surface area contributed by atoms with Crippen molar-refractivity contribution < 1.29 is 118 Å². The van der Waals surface area contributed by atoms with Crippen molar-refractivity contribution in [3.63, 3.8) is 0 Å². The first kappa shape index (κ1) is 41.2. The van der Waals surface area contributed by atoms with Gasteiger partial charge < -0.3 is 59.7 Å². The van der Waals surface area contributed by atoms with Crippen LogP contribution in [0, 0.1) is 0 Å². The molecule has 0 fully saturated rings. The van der Waals surface area contributed by atoms with Gasteiger partial charge in [-0.05, 0) is 20.8 Å². The second-order valence-corrected chi connectivity index (χ2v) is 16.5. The minimum atomic E-state index is -3.15. The number of aromatic nitrogens is 12. The maximum Gasteiger partial charge on any atom is 0.336 e. The zero-order chi connectivity index (χ0) is 80.9. The lowest BCUT2D eigenvalue weighted by molar-refractivity contribution is -0.167. The van der Waals surface area contributed by atoms with E-state index in [4.69, 9.17) is 59.4 Å². The molecular formula is C45H60N12O24. The number of carbonyl (C=O) groups excluding carboxylic acids is 3. The summed E-state index contributed by atoms with van der Waals surface area (Å²) in [7, 11) is 3.41. The molecule has 0 radical (unpaired) electrons. The lowest BCUT2D eigenvalue weighted by atomic mass is 9.94. The standard InChI is InChI=1S/3C8H10N4O2.3C7H10O6/c3*1-10-4-9-6-5(10)7(13)12(3)8(14)11(6)2;3*1-4(8)2-7(13,6(11)12)3-5(9)10/h3*4H,1-3H3;3*13H,2-3H2,1H3,(H,9,10)(H,11,12)/i2D3,3D3,4D;1D3,3D3,4D;1D3,2D3,4D;;;. The molecule has 6 rings (SSSR count). The summed E-state index contributed by atoms with van der Waals surface area (Å²) in [5.74, 6) is -11.2. The van der Waals surface area contributed by atoms with Crippen molar-refractivity contribution in [3.8, 4) is 0 Å². The number of carboxylic acid groups (broad SMARTS) is 6. The number of hydrogen-bond acceptors (Lipinski definition) is 21. The van der Waals surface area contributed by atoms with Crippen LogP contribution in [-0.4, -0.2) is 172 Å². The summed E-state index contributed by atoms with van der Waals surface area (Å²) in [5, 5.41) is 77.9. The molecule has 0 aliphatic rings. The molecule has 36 heteroatoms. The third-order valence-corrected chi connectivity index (χ3v) is 9.78. The number of fused-ring (bicyclic) bond motifs is 3. The predicted octanol–water partition coefficient (Wildman–Crippen LogP) is -5.32. The van der Waals surface area contributed by atoms with Gasteiger partial charge in [-0.1, -0.05) is 0 Å². The van der Waals surface area contributed by atoms with E-state index in [1.807, 2.05) is 0 Å². The van der Waals surface area contributed by atoms with Gasteiger partial charge in [-0.3, -0.25) is 70.6 Å². The van der Waals surface area contributed by atoms with Crippen molar-refractivity contribution in [1.82, 2.24) is 56.1 Å². The molecule has 3 unspecified atom stereocenters. The Balaban J connectivity index is 0.000000622. The summed E-state index contributed by atoms with van der Waals surface area (Å²) in [6.07, 6.45) is -7.11. The first-order chi connectivity index (χ1) is 45.4. The Hall–Kier alpha value is -9.84. The highest BCUT2D eigenvalue weighted by molar-refractivity contribution is 5.91. The molecule has 0 bridgehead atoms. The number of aryl methyl sites for hydroxylation is 6. The molecule has 9 N–H and O–H groups in total. The molecule has 0 saturated carbocycles. The average molecular weight is 1170 g/mol. The predicted molar refractivity (Wildman–Crippen MR) is 274 cm³/mol. The van der Waals surface area contributed by atoms with Crippen LogP contribution in [-0.2, 0) is 106 Å². The zero-order valence-electron chi connectivity index (χ0n) is 63.3. The minimum Gasteiger partial charge on any atom is -0.481 e. The Kier molecular flexibility index (Phi) is 14.1. The number of aliphatic carboxylic acids is 6. The van der Waals surface area contributed by atoms with Gasteiger partial charge in [0, 0.05) is 107 Å². The quantitative estimate of drug-likeness (QED) is 0.0464. The number of nitrogens with zero attached hydrogens (tertiary/aromatic N) is 12. The summed E-state index contributed by atoms with van der Waals surface area (Å²) < 4.78 is 157. The number of ketones is 3. The number of rotatable bonds is 15. The second-order valence-electron chi connectivity index (χ2n) is 16.5. The lowest BCUT2D eigenvalue weighted by Crippen LogP contribution is -2.42. The van der Waals surface area contributed by atoms with E-state index in [1.165, 1.54) is 7.05 Å². The highest BCUT2D eigenvalue weighted by Crippen LogP contribution is 2.18. The largest absolute Gasteiger partial charge is 0.481 e. The fourth-order valence-corrected chi connectivity index (χ4v) is 6.07. The van der Waals surface area contributed by atoms with E-state index in [0.717, 1.165) is 44.0 Å². The maximum atomic E-state index is 12.2. The van der Waals surface area contributed by atoms with E-state index in [9.17, 15) is 87.2 Å². The highest BCUT2D eigenvalue weighted by Gasteiger charge is 2.41. The van der Waals surface area contributed by atoms with E-state index in [0.29, 0.717) is 13.7 Å². The van der Waals surface area contributed by atoms with Gasteiger partial charge in [0.15, 0.2) is 50.3 Å². The minimum absolute atomic E-state index is 0.0291. The Morgan fingerprint density at radius 2 is 0.654 bits per heavy atom. The van der Waals surface area contributed by atoms with Crippen molar-refractivity contribution >= 4 is 86.7 Å². The average Bonchev–Trinajstić information content (AvgIpc) is 1.54. The first-order valence-corrected chi connectivity index (χ1v) is 21.1. The van der Waals surface area contributed by atoms with Crippen molar-refractivity contribution in [2.75, 3.05) is 0 Å². The van der Waals surface area contributed by atoms with Crippen LogP contribution in [0.2, 0.25) is 0 Å². The lowest BCUT2D eigenvalue weighted by Gasteiger charge is -2.19. The number of imidazole rings is 3. The van der Waals surface area contributed by atoms with Gasteiger partial charge in [-0.15, -0.1) is 0 Å². The molecule has 6 aromatic heterocycles. The molecule has 6 heterocycles. The fourth-order valence-electron chi connectivity index (χ4n) is 6.07. The van der Waals surface area contributed by atoms with E-state index in [-0.39, 0.29) is 23.9 Å². The second kappa shape index (κ2) is 27.7. The molecule has 0 spiro atoms. The monoisotopic (exact) mass is 1170 g/mol. The molecule has 0 aromatic carbocycles. The van der Waals surface area contributed by atoms with Crippen molar-refractivity contribution in [2.24, 2.45) is 63.0 Å². The van der Waals surface area contributed by atoms with Gasteiger partial charge in [0.25, 0.3) is 16.7 Å². The van der Waals surface area contributed by atoms with E-state index < -0.39 is 231 Å². The topological polar surface area (TPSA) is 521 Å². The van der Waals surface area contributed by atoms with Crippen LogP contribution in [0.15, 0.2) is 47.7 Å².